The summed E-state index contributed by atoms with van der Waals surface area (Å²) in [6.45, 7) is 4.63. The molecule has 1 aromatic carbocycles. The fraction of sp³-hybridized carbons (Fsp3) is 0.500. The molecular formula is C20H24O9Se. The molecule has 0 aromatic heterocycles. The second-order valence-electron chi connectivity index (χ2n) is 6.50. The molecule has 1 heterocycles. The van der Waals surface area contributed by atoms with Gasteiger partial charge in [-0.1, -0.05) is 0 Å². The first-order valence-corrected chi connectivity index (χ1v) is 11.0. The van der Waals surface area contributed by atoms with Gasteiger partial charge in [-0.05, 0) is 0 Å². The van der Waals surface area contributed by atoms with Crippen LogP contribution in [-0.4, -0.2) is 74.9 Å². The first-order chi connectivity index (χ1) is 14.2. The predicted molar refractivity (Wildman–Crippen MR) is 104 cm³/mol. The van der Waals surface area contributed by atoms with E-state index in [4.69, 9.17) is 23.7 Å². The summed E-state index contributed by atoms with van der Waals surface area (Å²) in [6, 6.07) is 9.39. The Morgan fingerprint density at radius 3 is 1.87 bits per heavy atom. The van der Waals surface area contributed by atoms with E-state index in [0.29, 0.717) is 0 Å². The van der Waals surface area contributed by atoms with Crippen LogP contribution in [0.25, 0.3) is 0 Å². The van der Waals surface area contributed by atoms with Crippen LogP contribution >= 0.6 is 0 Å². The van der Waals surface area contributed by atoms with Gasteiger partial charge in [-0.25, -0.2) is 0 Å². The van der Waals surface area contributed by atoms with E-state index >= 15 is 0 Å². The average Bonchev–Trinajstić information content (AvgIpc) is 2.64. The number of carbonyl (C=O) groups is 4. The van der Waals surface area contributed by atoms with Crippen molar-refractivity contribution in [2.75, 3.05) is 6.61 Å². The van der Waals surface area contributed by atoms with E-state index in [1.807, 2.05) is 30.3 Å². The van der Waals surface area contributed by atoms with Crippen molar-refractivity contribution >= 4 is 43.3 Å². The van der Waals surface area contributed by atoms with E-state index in [1.165, 1.54) is 27.7 Å². The Balaban J connectivity index is 2.42. The summed E-state index contributed by atoms with van der Waals surface area (Å²) in [5.41, 5.74) is 0. The Kier molecular flexibility index (Phi) is 8.83. The van der Waals surface area contributed by atoms with E-state index in [0.717, 1.165) is 4.46 Å². The number of carbonyl (C=O) groups excluding carboxylic acids is 4. The Bertz CT molecular complexity index is 767. The number of ether oxygens (including phenoxy) is 5. The van der Waals surface area contributed by atoms with Gasteiger partial charge in [0.25, 0.3) is 0 Å². The normalized spacial score (nSPS) is 25.7. The molecule has 1 fully saturated rings. The molecule has 30 heavy (non-hydrogen) atoms. The van der Waals surface area contributed by atoms with Gasteiger partial charge in [0.2, 0.25) is 0 Å². The first-order valence-electron chi connectivity index (χ1n) is 9.19. The molecule has 9 nitrogen and oxygen atoms in total. The maximum absolute atomic E-state index is 11.8. The van der Waals surface area contributed by atoms with Gasteiger partial charge in [-0.15, -0.1) is 0 Å². The minimum absolute atomic E-state index is 0.223. The topological polar surface area (TPSA) is 114 Å². The van der Waals surface area contributed by atoms with Gasteiger partial charge in [-0.3, -0.25) is 0 Å². The Morgan fingerprint density at radius 1 is 0.800 bits per heavy atom. The second kappa shape index (κ2) is 11.1. The van der Waals surface area contributed by atoms with Gasteiger partial charge in [0.1, 0.15) is 0 Å². The van der Waals surface area contributed by atoms with Gasteiger partial charge in [-0.2, -0.15) is 0 Å². The van der Waals surface area contributed by atoms with Crippen molar-refractivity contribution in [3.63, 3.8) is 0 Å². The Hall–Kier alpha value is -2.42. The van der Waals surface area contributed by atoms with Gasteiger partial charge < -0.3 is 0 Å². The summed E-state index contributed by atoms with van der Waals surface area (Å²) < 4.78 is 28.3. The van der Waals surface area contributed by atoms with E-state index in [2.05, 4.69) is 0 Å². The fourth-order valence-corrected chi connectivity index (χ4v) is 5.28. The molecule has 0 spiro atoms. The zero-order valence-corrected chi connectivity index (χ0v) is 18.8. The summed E-state index contributed by atoms with van der Waals surface area (Å²) in [4.78, 5) is 46.6. The predicted octanol–water partition coefficient (Wildman–Crippen LogP) is 0.0992. The molecule has 1 aromatic rings. The van der Waals surface area contributed by atoms with Crippen LogP contribution in [0.1, 0.15) is 27.7 Å². The fourth-order valence-electron chi connectivity index (χ4n) is 2.92. The molecule has 2 rings (SSSR count). The van der Waals surface area contributed by atoms with Crippen molar-refractivity contribution in [1.82, 2.24) is 0 Å². The quantitative estimate of drug-likeness (QED) is 0.300. The summed E-state index contributed by atoms with van der Waals surface area (Å²) in [5, 5.41) is -0.680. The van der Waals surface area contributed by atoms with Gasteiger partial charge in [0, 0.05) is 0 Å². The molecule has 5 atom stereocenters. The van der Waals surface area contributed by atoms with Crippen LogP contribution in [0.3, 0.4) is 0 Å². The van der Waals surface area contributed by atoms with Crippen LogP contribution in [-0.2, 0) is 42.9 Å². The zero-order valence-electron chi connectivity index (χ0n) is 17.1. The molecule has 1 aliphatic heterocycles. The molecule has 10 heteroatoms. The first kappa shape index (κ1) is 23.9. The summed E-state index contributed by atoms with van der Waals surface area (Å²) in [5.74, 6) is -2.44. The Labute approximate surface area is 180 Å². The molecule has 3 unspecified atom stereocenters. The van der Waals surface area contributed by atoms with Crippen molar-refractivity contribution in [1.29, 1.82) is 0 Å². The molecule has 164 valence electrons. The van der Waals surface area contributed by atoms with E-state index in [9.17, 15) is 19.2 Å². The van der Waals surface area contributed by atoms with Crippen molar-refractivity contribution in [2.45, 2.75) is 57.1 Å². The summed E-state index contributed by atoms with van der Waals surface area (Å²) in [6.07, 6.45) is -4.17. The van der Waals surface area contributed by atoms with E-state index < -0.39 is 53.3 Å². The number of esters is 4. The minimum atomic E-state index is -1.13. The molecule has 0 N–H and O–H groups in total. The van der Waals surface area contributed by atoms with Crippen molar-refractivity contribution in [3.8, 4) is 0 Å². The van der Waals surface area contributed by atoms with Gasteiger partial charge in [0.15, 0.2) is 0 Å². The molecule has 1 saturated heterocycles. The summed E-state index contributed by atoms with van der Waals surface area (Å²) >= 11 is -0.366. The number of benzene rings is 1. The summed E-state index contributed by atoms with van der Waals surface area (Å²) in [7, 11) is 0. The third-order valence-electron chi connectivity index (χ3n) is 3.94. The second-order valence-corrected chi connectivity index (χ2v) is 8.96. The maximum atomic E-state index is 11.8. The van der Waals surface area contributed by atoms with Crippen LogP contribution in [0, 0.1) is 0 Å². The van der Waals surface area contributed by atoms with Crippen molar-refractivity contribution in [2.24, 2.45) is 0 Å². The average molecular weight is 487 g/mol. The van der Waals surface area contributed by atoms with E-state index in [-0.39, 0.29) is 21.6 Å². The van der Waals surface area contributed by atoms with Crippen LogP contribution in [0.2, 0.25) is 0 Å². The molecule has 0 amide bonds. The van der Waals surface area contributed by atoms with Crippen LogP contribution in [0.4, 0.5) is 0 Å². The standard InChI is InChI=1S/C20H24O9Se/c1-11(21)25-10-16-17(26-12(2)22)18(27-13(3)23)19(28-14(4)24)20(29-16)30-15-8-6-5-7-9-15/h5-9,16-20H,10H2,1-4H3/t16?,17-,18?,19?,20-/m1/s1. The van der Waals surface area contributed by atoms with Crippen molar-refractivity contribution in [3.05, 3.63) is 30.3 Å². The number of hydrogen-bond acceptors (Lipinski definition) is 9. The third-order valence-corrected chi connectivity index (χ3v) is 6.37. The van der Waals surface area contributed by atoms with Crippen LogP contribution < -0.4 is 4.46 Å². The SMILES string of the molecule is CC(=O)OCC1O[C@H]([Se]c2ccccc2)C(OC(C)=O)C(OC(C)=O)[C@@H]1OC(C)=O. The Morgan fingerprint density at radius 2 is 1.33 bits per heavy atom. The molecule has 0 aliphatic carbocycles. The number of rotatable bonds is 7. The number of hydrogen-bond donors (Lipinski definition) is 0. The monoisotopic (exact) mass is 488 g/mol. The molecule has 0 saturated carbocycles. The molecule has 0 bridgehead atoms. The third kappa shape index (κ3) is 7.12. The van der Waals surface area contributed by atoms with Crippen molar-refractivity contribution < 1.29 is 42.9 Å². The van der Waals surface area contributed by atoms with Gasteiger partial charge >= 0.3 is 180 Å². The van der Waals surface area contributed by atoms with E-state index in [1.54, 1.807) is 0 Å². The zero-order chi connectivity index (χ0) is 22.3. The molecular weight excluding hydrogens is 463 g/mol. The van der Waals surface area contributed by atoms with Gasteiger partial charge in [0.05, 0.1) is 0 Å². The van der Waals surface area contributed by atoms with Crippen LogP contribution in [0.5, 0.6) is 0 Å². The van der Waals surface area contributed by atoms with Crippen LogP contribution in [0.15, 0.2) is 30.3 Å². The molecule has 1 aliphatic rings. The molecule has 0 radical (unpaired) electrons.